The Labute approximate surface area is 138 Å². The van der Waals surface area contributed by atoms with Crippen LogP contribution in [0.15, 0.2) is 42.5 Å². The van der Waals surface area contributed by atoms with Crippen LogP contribution in [0.3, 0.4) is 0 Å². The molecule has 0 fully saturated rings. The second-order valence-corrected chi connectivity index (χ2v) is 6.08. The highest BCUT2D eigenvalue weighted by Crippen LogP contribution is 2.30. The quantitative estimate of drug-likeness (QED) is 0.865. The van der Waals surface area contributed by atoms with Gasteiger partial charge in [-0.15, -0.1) is 0 Å². The van der Waals surface area contributed by atoms with Crippen molar-refractivity contribution >= 4 is 29.0 Å². The van der Waals surface area contributed by atoms with Gasteiger partial charge >= 0.3 is 5.91 Å². The third-order valence-corrected chi connectivity index (χ3v) is 4.02. The fourth-order valence-corrected chi connectivity index (χ4v) is 2.88. The number of carbonyl (C=O) groups excluding carboxylic acids is 2. The molecule has 3 rings (SSSR count). The van der Waals surface area contributed by atoms with Crippen LogP contribution in [0.1, 0.15) is 15.9 Å². The number of nitrogens with one attached hydrogen (secondary N) is 1. The molecular formula is C17H15ClFN2O2+. The Bertz CT molecular complexity index is 777. The van der Waals surface area contributed by atoms with E-state index in [1.807, 2.05) is 7.05 Å². The molecule has 1 N–H and O–H groups in total. The van der Waals surface area contributed by atoms with Gasteiger partial charge in [0.25, 0.3) is 5.78 Å². The van der Waals surface area contributed by atoms with E-state index in [1.54, 1.807) is 24.3 Å². The van der Waals surface area contributed by atoms with Crippen LogP contribution in [0.4, 0.5) is 10.1 Å². The first-order valence-electron chi connectivity index (χ1n) is 7.17. The molecule has 1 aliphatic heterocycles. The molecule has 0 aromatic heterocycles. The predicted molar refractivity (Wildman–Crippen MR) is 85.1 cm³/mol. The maximum Gasteiger partial charge on any atom is 0.303 e. The van der Waals surface area contributed by atoms with Gasteiger partial charge in [-0.25, -0.2) is 4.39 Å². The maximum atomic E-state index is 12.9. The predicted octanol–water partition coefficient (Wildman–Crippen LogP) is 1.68. The number of halogens is 2. The van der Waals surface area contributed by atoms with E-state index in [0.29, 0.717) is 29.5 Å². The molecule has 2 aromatic carbocycles. The van der Waals surface area contributed by atoms with Crippen LogP contribution in [0.2, 0.25) is 5.02 Å². The third kappa shape index (κ3) is 3.11. The lowest BCUT2D eigenvalue weighted by molar-refractivity contribution is -0.892. The molecule has 1 heterocycles. The normalized spacial score (nSPS) is 15.0. The minimum absolute atomic E-state index is 0.280. The zero-order valence-corrected chi connectivity index (χ0v) is 13.2. The van der Waals surface area contributed by atoms with Crippen molar-refractivity contribution in [2.45, 2.75) is 6.54 Å². The molecule has 0 spiro atoms. The topological polar surface area (TPSA) is 41.8 Å². The van der Waals surface area contributed by atoms with Crippen LogP contribution in [0.5, 0.6) is 0 Å². The fourth-order valence-electron chi connectivity index (χ4n) is 2.71. The zero-order chi connectivity index (χ0) is 16.6. The molecule has 0 aliphatic carbocycles. The van der Waals surface area contributed by atoms with E-state index in [1.165, 1.54) is 23.1 Å². The first kappa shape index (κ1) is 15.6. The SMILES string of the molecule is C[NH+](Cc1ccc(F)cc1)CN1C(=O)C(=O)c2cc(Cl)ccc21. The molecule has 4 nitrogen and oxygen atoms in total. The Morgan fingerprint density at radius 1 is 1.13 bits per heavy atom. The Hall–Kier alpha value is -2.24. The molecule has 2 aromatic rings. The molecule has 0 saturated heterocycles. The lowest BCUT2D eigenvalue weighted by Gasteiger charge is -2.21. The van der Waals surface area contributed by atoms with Gasteiger partial charge in [0.1, 0.15) is 12.4 Å². The van der Waals surface area contributed by atoms with E-state index in [2.05, 4.69) is 0 Å². The van der Waals surface area contributed by atoms with Crippen LogP contribution < -0.4 is 9.80 Å². The molecule has 1 unspecified atom stereocenters. The van der Waals surface area contributed by atoms with Crippen molar-refractivity contribution in [2.24, 2.45) is 0 Å². The second-order valence-electron chi connectivity index (χ2n) is 5.64. The molecule has 6 heteroatoms. The van der Waals surface area contributed by atoms with Crippen molar-refractivity contribution in [1.29, 1.82) is 0 Å². The van der Waals surface area contributed by atoms with E-state index in [-0.39, 0.29) is 5.82 Å². The van der Waals surface area contributed by atoms with Gasteiger partial charge in [0.05, 0.1) is 18.3 Å². The van der Waals surface area contributed by atoms with Gasteiger partial charge in [-0.1, -0.05) is 23.7 Å². The molecule has 0 bridgehead atoms. The number of quaternary nitrogens is 1. The Balaban J connectivity index is 1.76. The number of carbonyl (C=O) groups is 2. The second kappa shape index (κ2) is 6.10. The zero-order valence-electron chi connectivity index (χ0n) is 12.5. The van der Waals surface area contributed by atoms with Crippen LogP contribution in [-0.2, 0) is 11.3 Å². The van der Waals surface area contributed by atoms with Gasteiger partial charge in [-0.05, 0) is 30.3 Å². The van der Waals surface area contributed by atoms with Crippen LogP contribution in [0, 0.1) is 5.82 Å². The summed E-state index contributed by atoms with van der Waals surface area (Å²) in [5.74, 6) is -1.35. The highest BCUT2D eigenvalue weighted by atomic mass is 35.5. The van der Waals surface area contributed by atoms with Gasteiger partial charge in [0.2, 0.25) is 0 Å². The Kier molecular flexibility index (Phi) is 4.15. The molecular weight excluding hydrogens is 319 g/mol. The first-order valence-corrected chi connectivity index (χ1v) is 7.55. The van der Waals surface area contributed by atoms with Gasteiger partial charge in [0, 0.05) is 10.6 Å². The number of fused-ring (bicyclic) bond motifs is 1. The summed E-state index contributed by atoms with van der Waals surface area (Å²) >= 11 is 5.89. The van der Waals surface area contributed by atoms with Crippen molar-refractivity contribution in [3.63, 3.8) is 0 Å². The monoisotopic (exact) mass is 333 g/mol. The van der Waals surface area contributed by atoms with Crippen LogP contribution >= 0.6 is 11.6 Å². The lowest BCUT2D eigenvalue weighted by atomic mass is 10.1. The summed E-state index contributed by atoms with van der Waals surface area (Å²) in [6, 6.07) is 11.1. The summed E-state index contributed by atoms with van der Waals surface area (Å²) in [4.78, 5) is 26.7. The highest BCUT2D eigenvalue weighted by molar-refractivity contribution is 6.52. The van der Waals surface area contributed by atoms with E-state index >= 15 is 0 Å². The molecule has 1 atom stereocenters. The molecule has 118 valence electrons. The first-order chi connectivity index (χ1) is 11.0. The molecule has 1 amide bonds. The standard InChI is InChI=1S/C17H14ClFN2O2/c1-20(9-11-2-5-13(19)6-3-11)10-21-15-7-4-12(18)8-14(15)16(22)17(21)23/h2-8H,9-10H2,1H3/p+1. The summed E-state index contributed by atoms with van der Waals surface area (Å²) in [7, 11) is 1.91. The van der Waals surface area contributed by atoms with E-state index < -0.39 is 11.7 Å². The Morgan fingerprint density at radius 2 is 1.83 bits per heavy atom. The van der Waals surface area contributed by atoms with Gasteiger partial charge < -0.3 is 4.90 Å². The number of ketones is 1. The molecule has 0 radical (unpaired) electrons. The Morgan fingerprint density at radius 3 is 2.52 bits per heavy atom. The number of amides is 1. The molecule has 1 aliphatic rings. The lowest BCUT2D eigenvalue weighted by Crippen LogP contribution is -3.09. The highest BCUT2D eigenvalue weighted by Gasteiger charge is 2.37. The van der Waals surface area contributed by atoms with Crippen LogP contribution in [0.25, 0.3) is 0 Å². The number of Topliss-reactive ketones (excluding diaryl/α,β-unsaturated/α-hetero) is 1. The van der Waals surface area contributed by atoms with Crippen molar-refractivity contribution in [3.8, 4) is 0 Å². The van der Waals surface area contributed by atoms with Crippen LogP contribution in [-0.4, -0.2) is 25.4 Å². The van der Waals surface area contributed by atoms with Gasteiger partial charge in [0.15, 0.2) is 6.67 Å². The summed E-state index contributed by atoms with van der Waals surface area (Å²) in [6.45, 7) is 0.956. The smallest absolute Gasteiger partial charge is 0.303 e. The number of anilines is 1. The average molecular weight is 334 g/mol. The molecule has 0 saturated carbocycles. The number of hydrogen-bond acceptors (Lipinski definition) is 2. The van der Waals surface area contributed by atoms with E-state index in [4.69, 9.17) is 11.6 Å². The van der Waals surface area contributed by atoms with Gasteiger partial charge in [-0.3, -0.25) is 14.5 Å². The number of rotatable bonds is 4. The minimum Gasteiger partial charge on any atom is -0.316 e. The van der Waals surface area contributed by atoms with E-state index in [0.717, 1.165) is 10.5 Å². The van der Waals surface area contributed by atoms with Crippen molar-refractivity contribution < 1.29 is 18.9 Å². The fraction of sp³-hybridized carbons (Fsp3) is 0.176. The number of hydrogen-bond donors (Lipinski definition) is 1. The summed E-state index contributed by atoms with van der Waals surface area (Å²) in [6.07, 6.45) is 0. The number of benzene rings is 2. The third-order valence-electron chi connectivity index (χ3n) is 3.78. The van der Waals surface area contributed by atoms with Gasteiger partial charge in [-0.2, -0.15) is 0 Å². The van der Waals surface area contributed by atoms with Crippen molar-refractivity contribution in [3.05, 3.63) is 64.4 Å². The summed E-state index contributed by atoms with van der Waals surface area (Å²) in [5.41, 5.74) is 1.89. The minimum atomic E-state index is -0.541. The summed E-state index contributed by atoms with van der Waals surface area (Å²) < 4.78 is 12.9. The molecule has 23 heavy (non-hydrogen) atoms. The summed E-state index contributed by atoms with van der Waals surface area (Å²) in [5, 5.41) is 0.429. The largest absolute Gasteiger partial charge is 0.316 e. The van der Waals surface area contributed by atoms with E-state index in [9.17, 15) is 14.0 Å². The maximum absolute atomic E-state index is 12.9. The van der Waals surface area contributed by atoms with Crippen molar-refractivity contribution in [1.82, 2.24) is 0 Å². The van der Waals surface area contributed by atoms with Crippen molar-refractivity contribution in [2.75, 3.05) is 18.6 Å². The number of nitrogens with zero attached hydrogens (tertiary/aromatic N) is 1. The average Bonchev–Trinajstić information content (AvgIpc) is 2.74.